The van der Waals surface area contributed by atoms with E-state index in [4.69, 9.17) is 15.2 Å². The van der Waals surface area contributed by atoms with Crippen LogP contribution in [0.25, 0.3) is 11.4 Å². The number of hydrazine groups is 1. The maximum Gasteiger partial charge on any atom is 0.165 e. The molecule has 5 heteroatoms. The third-order valence-electron chi connectivity index (χ3n) is 3.67. The normalized spacial score (nSPS) is 14.8. The molecule has 0 aliphatic heterocycles. The van der Waals surface area contributed by atoms with Crippen molar-refractivity contribution in [2.75, 3.05) is 5.43 Å². The average molecular weight is 258 g/mol. The summed E-state index contributed by atoms with van der Waals surface area (Å²) < 4.78 is 5.33. The van der Waals surface area contributed by atoms with E-state index in [9.17, 15) is 0 Å². The third kappa shape index (κ3) is 2.21. The molecule has 0 fully saturated rings. The van der Waals surface area contributed by atoms with Crippen molar-refractivity contribution in [1.82, 2.24) is 9.97 Å². The van der Waals surface area contributed by atoms with Crippen LogP contribution in [0.2, 0.25) is 0 Å². The zero-order valence-electron chi connectivity index (χ0n) is 11.1. The number of nitrogens with one attached hydrogen (secondary N) is 1. The molecule has 0 spiro atoms. The topological polar surface area (TPSA) is 77.0 Å². The summed E-state index contributed by atoms with van der Waals surface area (Å²) in [5.41, 5.74) is 5.95. The van der Waals surface area contributed by atoms with Gasteiger partial charge in [0.05, 0.1) is 11.8 Å². The SMILES string of the molecule is Cc1occc1-c1nc2c(c(NN)n1)CCCCC2. The molecule has 3 N–H and O–H groups in total. The highest BCUT2D eigenvalue weighted by molar-refractivity contribution is 5.61. The lowest BCUT2D eigenvalue weighted by atomic mass is 10.1. The first-order valence-electron chi connectivity index (χ1n) is 6.70. The molecule has 1 aliphatic carbocycles. The smallest absolute Gasteiger partial charge is 0.165 e. The van der Waals surface area contributed by atoms with Gasteiger partial charge in [-0.25, -0.2) is 15.8 Å². The molecule has 2 aromatic rings. The van der Waals surface area contributed by atoms with E-state index in [0.717, 1.165) is 35.7 Å². The van der Waals surface area contributed by atoms with E-state index in [-0.39, 0.29) is 0 Å². The number of furan rings is 1. The number of fused-ring (bicyclic) bond motifs is 1. The van der Waals surface area contributed by atoms with E-state index in [0.29, 0.717) is 5.82 Å². The first-order valence-corrected chi connectivity index (χ1v) is 6.70. The van der Waals surface area contributed by atoms with Gasteiger partial charge in [0.2, 0.25) is 0 Å². The predicted octanol–water partition coefficient (Wildman–Crippen LogP) is 2.60. The second kappa shape index (κ2) is 5.01. The Morgan fingerprint density at radius 2 is 2.05 bits per heavy atom. The summed E-state index contributed by atoms with van der Waals surface area (Å²) in [5.74, 6) is 7.90. The number of aryl methyl sites for hydroxylation is 2. The summed E-state index contributed by atoms with van der Waals surface area (Å²) in [5, 5.41) is 0. The standard InChI is InChI=1S/C14H18N4O/c1-9-10(7-8-19-9)13-16-12-6-4-2-3-5-11(12)14(17-13)18-15/h7-8H,2-6,15H2,1H3,(H,16,17,18). The summed E-state index contributed by atoms with van der Waals surface area (Å²) in [6.07, 6.45) is 7.25. The predicted molar refractivity (Wildman–Crippen MR) is 73.5 cm³/mol. The maximum atomic E-state index is 5.62. The molecule has 0 radical (unpaired) electrons. The minimum absolute atomic E-state index is 0.694. The zero-order chi connectivity index (χ0) is 13.2. The molecule has 0 amide bonds. The largest absolute Gasteiger partial charge is 0.469 e. The van der Waals surface area contributed by atoms with Gasteiger partial charge in [-0.1, -0.05) is 6.42 Å². The molecule has 19 heavy (non-hydrogen) atoms. The van der Waals surface area contributed by atoms with Gasteiger partial charge < -0.3 is 9.84 Å². The van der Waals surface area contributed by atoms with Crippen LogP contribution in [0.4, 0.5) is 5.82 Å². The van der Waals surface area contributed by atoms with Gasteiger partial charge in [0.1, 0.15) is 11.6 Å². The maximum absolute atomic E-state index is 5.62. The molecule has 0 aromatic carbocycles. The number of hydrogen-bond donors (Lipinski definition) is 2. The molecule has 0 unspecified atom stereocenters. The van der Waals surface area contributed by atoms with Crippen LogP contribution in [0.5, 0.6) is 0 Å². The Morgan fingerprint density at radius 1 is 1.21 bits per heavy atom. The number of nitrogens with two attached hydrogens (primary N) is 1. The zero-order valence-corrected chi connectivity index (χ0v) is 11.1. The summed E-state index contributed by atoms with van der Waals surface area (Å²) in [7, 11) is 0. The molecule has 0 atom stereocenters. The van der Waals surface area contributed by atoms with Crippen LogP contribution in [0, 0.1) is 6.92 Å². The molecular weight excluding hydrogens is 240 g/mol. The van der Waals surface area contributed by atoms with E-state index in [1.807, 2.05) is 13.0 Å². The second-order valence-corrected chi connectivity index (χ2v) is 4.92. The van der Waals surface area contributed by atoms with Crippen LogP contribution in [-0.4, -0.2) is 9.97 Å². The third-order valence-corrected chi connectivity index (χ3v) is 3.67. The Bertz CT molecular complexity index is 591. The molecule has 2 heterocycles. The molecule has 5 nitrogen and oxygen atoms in total. The van der Waals surface area contributed by atoms with Crippen LogP contribution in [0.15, 0.2) is 16.7 Å². The van der Waals surface area contributed by atoms with Crippen LogP contribution >= 0.6 is 0 Å². The van der Waals surface area contributed by atoms with Crippen molar-refractivity contribution >= 4 is 5.82 Å². The van der Waals surface area contributed by atoms with Crippen molar-refractivity contribution < 1.29 is 4.42 Å². The van der Waals surface area contributed by atoms with Crippen LogP contribution in [0.3, 0.4) is 0 Å². The molecule has 0 saturated heterocycles. The Hall–Kier alpha value is -1.88. The van der Waals surface area contributed by atoms with Gasteiger partial charge in [0, 0.05) is 11.3 Å². The fraction of sp³-hybridized carbons (Fsp3) is 0.429. The van der Waals surface area contributed by atoms with Crippen molar-refractivity contribution in [2.24, 2.45) is 5.84 Å². The van der Waals surface area contributed by atoms with Crippen molar-refractivity contribution in [2.45, 2.75) is 39.0 Å². The van der Waals surface area contributed by atoms with Gasteiger partial charge in [0.15, 0.2) is 5.82 Å². The number of rotatable bonds is 2. The lowest BCUT2D eigenvalue weighted by Gasteiger charge is -2.12. The van der Waals surface area contributed by atoms with Gasteiger partial charge in [-0.2, -0.15) is 0 Å². The van der Waals surface area contributed by atoms with E-state index >= 15 is 0 Å². The fourth-order valence-corrected chi connectivity index (χ4v) is 2.63. The Labute approximate surface area is 112 Å². The molecule has 0 saturated carbocycles. The van der Waals surface area contributed by atoms with E-state index in [1.165, 1.54) is 24.8 Å². The van der Waals surface area contributed by atoms with Crippen LogP contribution in [0.1, 0.15) is 36.3 Å². The van der Waals surface area contributed by atoms with Crippen molar-refractivity contribution in [3.63, 3.8) is 0 Å². The molecular formula is C14H18N4O. The van der Waals surface area contributed by atoms with E-state index < -0.39 is 0 Å². The van der Waals surface area contributed by atoms with Gasteiger partial charge in [-0.15, -0.1) is 0 Å². The number of nitrogens with zero attached hydrogens (tertiary/aromatic N) is 2. The molecule has 0 bridgehead atoms. The fourth-order valence-electron chi connectivity index (χ4n) is 2.63. The average Bonchev–Trinajstić information content (AvgIpc) is 2.71. The highest BCUT2D eigenvalue weighted by Gasteiger charge is 2.18. The molecule has 2 aromatic heterocycles. The van der Waals surface area contributed by atoms with Crippen molar-refractivity contribution in [1.29, 1.82) is 0 Å². The lowest BCUT2D eigenvalue weighted by molar-refractivity contribution is 0.535. The monoisotopic (exact) mass is 258 g/mol. The van der Waals surface area contributed by atoms with E-state index in [2.05, 4.69) is 10.4 Å². The minimum atomic E-state index is 0.694. The Balaban J connectivity index is 2.13. The number of hydrogen-bond acceptors (Lipinski definition) is 5. The highest BCUT2D eigenvalue weighted by atomic mass is 16.3. The van der Waals surface area contributed by atoms with Crippen LogP contribution < -0.4 is 11.3 Å². The minimum Gasteiger partial charge on any atom is -0.469 e. The Kier molecular flexibility index (Phi) is 3.21. The number of nitrogen functional groups attached to an aromatic ring is 1. The van der Waals surface area contributed by atoms with Gasteiger partial charge >= 0.3 is 0 Å². The van der Waals surface area contributed by atoms with Crippen LogP contribution in [-0.2, 0) is 12.8 Å². The van der Waals surface area contributed by atoms with Gasteiger partial charge in [-0.3, -0.25) is 0 Å². The number of aromatic nitrogens is 2. The summed E-state index contributed by atoms with van der Waals surface area (Å²) in [6.45, 7) is 1.92. The van der Waals surface area contributed by atoms with Crippen molar-refractivity contribution in [3.05, 3.63) is 29.3 Å². The van der Waals surface area contributed by atoms with Gasteiger partial charge in [0.25, 0.3) is 0 Å². The summed E-state index contributed by atoms with van der Waals surface area (Å²) >= 11 is 0. The quantitative estimate of drug-likeness (QED) is 0.492. The molecule has 3 rings (SSSR count). The molecule has 100 valence electrons. The molecule has 1 aliphatic rings. The number of anilines is 1. The second-order valence-electron chi connectivity index (χ2n) is 4.92. The first kappa shape index (κ1) is 12.2. The first-order chi connectivity index (χ1) is 9.29. The summed E-state index contributed by atoms with van der Waals surface area (Å²) in [6, 6.07) is 1.90. The van der Waals surface area contributed by atoms with E-state index in [1.54, 1.807) is 6.26 Å². The highest BCUT2D eigenvalue weighted by Crippen LogP contribution is 2.28. The Morgan fingerprint density at radius 3 is 2.79 bits per heavy atom. The van der Waals surface area contributed by atoms with Gasteiger partial charge in [-0.05, 0) is 38.7 Å². The summed E-state index contributed by atoms with van der Waals surface area (Å²) in [4.78, 5) is 9.26. The lowest BCUT2D eigenvalue weighted by Crippen LogP contribution is -2.14. The van der Waals surface area contributed by atoms with Crippen molar-refractivity contribution in [3.8, 4) is 11.4 Å².